The van der Waals surface area contributed by atoms with Gasteiger partial charge in [-0.1, -0.05) is 36.4 Å². The van der Waals surface area contributed by atoms with Crippen LogP contribution in [0.2, 0.25) is 0 Å². The molecular weight excluding hydrogens is 610 g/mol. The fraction of sp³-hybridized carbons (Fsp3) is 0.303. The average Bonchev–Trinajstić information content (AvgIpc) is 3.00. The van der Waals surface area contributed by atoms with Crippen molar-refractivity contribution in [1.82, 2.24) is 10.6 Å². The monoisotopic (exact) mass is 649 g/mol. The van der Waals surface area contributed by atoms with Gasteiger partial charge in [-0.3, -0.25) is 15.0 Å². The van der Waals surface area contributed by atoms with E-state index in [0.29, 0.717) is 22.6 Å². The number of alkyl carbamates (subject to hydrolysis) is 1. The molecule has 3 aromatic carbocycles. The van der Waals surface area contributed by atoms with Crippen LogP contribution in [0.25, 0.3) is 0 Å². The van der Waals surface area contributed by atoms with E-state index in [-0.39, 0.29) is 18.2 Å². The molecule has 0 saturated heterocycles. The number of carbonyl (C=O) groups excluding carboxylic acids is 2. The highest BCUT2D eigenvalue weighted by Gasteiger charge is 2.36. The first-order valence-corrected chi connectivity index (χ1v) is 14.5. The largest absolute Gasteiger partial charge is 0.493 e. The van der Waals surface area contributed by atoms with Crippen molar-refractivity contribution < 1.29 is 43.6 Å². The molecule has 1 unspecified atom stereocenters. The van der Waals surface area contributed by atoms with Gasteiger partial charge in [0.25, 0.3) is 0 Å². The van der Waals surface area contributed by atoms with E-state index in [0.717, 1.165) is 5.56 Å². The highest BCUT2D eigenvalue weighted by atomic mass is 16.6. The van der Waals surface area contributed by atoms with Crippen LogP contribution in [0.5, 0.6) is 11.5 Å². The molecule has 0 aliphatic carbocycles. The molecule has 2 amide bonds. The molecule has 8 N–H and O–H groups in total. The van der Waals surface area contributed by atoms with E-state index in [2.05, 4.69) is 16.0 Å². The molecule has 0 radical (unpaired) electrons. The predicted molar refractivity (Wildman–Crippen MR) is 173 cm³/mol. The van der Waals surface area contributed by atoms with Gasteiger partial charge < -0.3 is 46.1 Å². The van der Waals surface area contributed by atoms with Gasteiger partial charge >= 0.3 is 18.0 Å². The van der Waals surface area contributed by atoms with Gasteiger partial charge in [-0.15, -0.1) is 0 Å². The van der Waals surface area contributed by atoms with E-state index in [1.54, 1.807) is 63.2 Å². The Kier molecular flexibility index (Phi) is 12.1. The van der Waals surface area contributed by atoms with Gasteiger partial charge in [0.15, 0.2) is 11.5 Å². The van der Waals surface area contributed by atoms with Gasteiger partial charge in [-0.05, 0) is 68.3 Å². The highest BCUT2D eigenvalue weighted by Crippen LogP contribution is 2.32. The summed E-state index contributed by atoms with van der Waals surface area (Å²) in [6, 6.07) is 15.8. The lowest BCUT2D eigenvalue weighted by Gasteiger charge is -2.29. The van der Waals surface area contributed by atoms with E-state index in [1.165, 1.54) is 7.11 Å². The summed E-state index contributed by atoms with van der Waals surface area (Å²) < 4.78 is 16.7. The zero-order valence-corrected chi connectivity index (χ0v) is 26.4. The number of benzene rings is 3. The first kappa shape index (κ1) is 35.7. The lowest BCUT2D eigenvalue weighted by Crippen LogP contribution is -2.57. The number of hydrogen-bond donors (Lipinski definition) is 7. The zero-order chi connectivity index (χ0) is 34.7. The van der Waals surface area contributed by atoms with Gasteiger partial charge in [-0.2, -0.15) is 0 Å². The number of nitrogens with one attached hydrogen (secondary N) is 4. The number of carboxylic acid groups (broad SMARTS) is 2. The number of carbonyl (C=O) groups is 4. The molecule has 0 bridgehead atoms. The number of aliphatic carboxylic acids is 2. The molecule has 0 fully saturated rings. The van der Waals surface area contributed by atoms with E-state index in [4.69, 9.17) is 25.4 Å². The fourth-order valence-electron chi connectivity index (χ4n) is 4.40. The first-order chi connectivity index (χ1) is 22.2. The number of hydrogen-bond acceptors (Lipinski definition) is 9. The lowest BCUT2D eigenvalue weighted by atomic mass is 10.0. The Morgan fingerprint density at radius 3 is 2.13 bits per heavy atom. The summed E-state index contributed by atoms with van der Waals surface area (Å²) in [5.74, 6) is -3.36. The molecule has 0 saturated carbocycles. The van der Waals surface area contributed by atoms with Crippen molar-refractivity contribution in [2.24, 2.45) is 5.73 Å². The number of nitrogens with two attached hydrogens (primary N) is 1. The van der Waals surface area contributed by atoms with Crippen LogP contribution in [0.3, 0.4) is 0 Å². The molecule has 0 aromatic heterocycles. The van der Waals surface area contributed by atoms with Gasteiger partial charge in [-0.25, -0.2) is 9.59 Å². The van der Waals surface area contributed by atoms with E-state index < -0.39 is 54.1 Å². The van der Waals surface area contributed by atoms with Crippen LogP contribution in [0.4, 0.5) is 10.5 Å². The van der Waals surface area contributed by atoms with Gasteiger partial charge in [0.2, 0.25) is 5.91 Å². The molecule has 3 atom stereocenters. The van der Waals surface area contributed by atoms with Crippen molar-refractivity contribution in [3.63, 3.8) is 0 Å². The normalized spacial score (nSPS) is 12.9. The topological polar surface area (TPSA) is 222 Å². The minimum absolute atomic E-state index is 0.159. The number of anilines is 1. The van der Waals surface area contributed by atoms with E-state index >= 15 is 0 Å². The molecule has 47 heavy (non-hydrogen) atoms. The van der Waals surface area contributed by atoms with Crippen molar-refractivity contribution in [1.29, 1.82) is 5.41 Å². The summed E-state index contributed by atoms with van der Waals surface area (Å²) in [6.07, 6.45) is -1.89. The number of rotatable bonds is 15. The zero-order valence-electron chi connectivity index (χ0n) is 26.4. The molecule has 250 valence electrons. The van der Waals surface area contributed by atoms with Crippen LogP contribution >= 0.6 is 0 Å². The van der Waals surface area contributed by atoms with Crippen LogP contribution in [0.1, 0.15) is 49.9 Å². The first-order valence-electron chi connectivity index (χ1n) is 14.5. The summed E-state index contributed by atoms with van der Waals surface area (Å²) in [6.45, 7) is 5.00. The summed E-state index contributed by atoms with van der Waals surface area (Å²) in [5, 5.41) is 34.9. The maximum Gasteiger partial charge on any atom is 0.407 e. The quantitative estimate of drug-likeness (QED) is 0.0930. The fourth-order valence-corrected chi connectivity index (χ4v) is 4.40. The smallest absolute Gasteiger partial charge is 0.407 e. The van der Waals surface area contributed by atoms with Crippen LogP contribution in [-0.2, 0) is 25.7 Å². The van der Waals surface area contributed by atoms with E-state index in [9.17, 15) is 29.4 Å². The Bertz CT molecular complexity index is 1570. The molecule has 14 heteroatoms. The Balaban J connectivity index is 1.97. The minimum atomic E-state index is -1.87. The van der Waals surface area contributed by atoms with Crippen molar-refractivity contribution in [2.45, 2.75) is 57.5 Å². The lowest BCUT2D eigenvalue weighted by molar-refractivity contribution is -0.144. The second-order valence-corrected chi connectivity index (χ2v) is 11.4. The summed E-state index contributed by atoms with van der Waals surface area (Å²) in [7, 11) is 1.43. The van der Waals surface area contributed by atoms with E-state index in [1.807, 2.05) is 30.3 Å². The Labute approximate surface area is 271 Å². The number of ether oxygens (including phenoxy) is 3. The van der Waals surface area contributed by atoms with Crippen molar-refractivity contribution in [3.8, 4) is 11.5 Å². The molecule has 0 aliphatic heterocycles. The number of carboxylic acids is 2. The van der Waals surface area contributed by atoms with Crippen LogP contribution in [0.15, 0.2) is 72.8 Å². The van der Waals surface area contributed by atoms with Gasteiger partial charge in [0.05, 0.1) is 19.6 Å². The Hall–Kier alpha value is -5.79. The number of amides is 2. The number of amidine groups is 1. The maximum atomic E-state index is 13.9. The number of nitrogen functional groups attached to an aromatic ring is 1. The van der Waals surface area contributed by atoms with Crippen molar-refractivity contribution >= 4 is 35.5 Å². The van der Waals surface area contributed by atoms with Crippen LogP contribution in [-0.4, -0.2) is 64.8 Å². The second-order valence-electron chi connectivity index (χ2n) is 11.4. The van der Waals surface area contributed by atoms with Gasteiger partial charge in [0.1, 0.15) is 30.1 Å². The summed E-state index contributed by atoms with van der Waals surface area (Å²) >= 11 is 0. The Morgan fingerprint density at radius 1 is 0.915 bits per heavy atom. The third-order valence-electron chi connectivity index (χ3n) is 6.59. The van der Waals surface area contributed by atoms with Crippen molar-refractivity contribution in [3.05, 3.63) is 89.5 Å². The molecule has 3 aromatic rings. The molecule has 0 heterocycles. The predicted octanol–water partition coefficient (Wildman–Crippen LogP) is 3.65. The van der Waals surface area contributed by atoms with Crippen molar-refractivity contribution in [2.75, 3.05) is 12.4 Å². The summed E-state index contributed by atoms with van der Waals surface area (Å²) in [5.41, 5.74) is 6.72. The SMILES string of the molecule is COc1cc([C@@H](Nc2ccc(C(=N)N)cc2)C(=O)N[C@H](C(=O)O)C(CC(=O)O)NC(=O)OC(C)(C)C)ccc1OCc1ccccc1. The average molecular weight is 650 g/mol. The Morgan fingerprint density at radius 2 is 1.57 bits per heavy atom. The second kappa shape index (κ2) is 16.0. The standard InChI is InChI=1S/C33H39N5O9/c1-33(2,3)47-32(44)37-23(17-26(39)40)28(31(42)43)38-30(41)27(36-22-13-10-20(11-14-22)29(34)35)21-12-15-24(25(16-21)45-4)46-18-19-8-6-5-7-9-19/h5-16,23,27-28,36H,17-18H2,1-4H3,(H3,34,35)(H,37,44)(H,38,41)(H,39,40)(H,42,43)/t23?,27-,28+/m1/s1. The molecule has 14 nitrogen and oxygen atoms in total. The number of methoxy groups -OCH3 is 1. The molecule has 0 aliphatic rings. The third kappa shape index (κ3) is 11.0. The summed E-state index contributed by atoms with van der Waals surface area (Å²) in [4.78, 5) is 50.4. The minimum Gasteiger partial charge on any atom is -0.493 e. The van der Waals surface area contributed by atoms with Gasteiger partial charge in [0, 0.05) is 11.3 Å². The highest BCUT2D eigenvalue weighted by molar-refractivity contribution is 5.95. The molecule has 0 spiro atoms. The molecular formula is C33H39N5O9. The third-order valence-corrected chi connectivity index (χ3v) is 6.59. The van der Waals surface area contributed by atoms with Crippen LogP contribution < -0.4 is 31.2 Å². The maximum absolute atomic E-state index is 13.9. The molecule has 3 rings (SSSR count). The van der Waals surface area contributed by atoms with Crippen LogP contribution in [0, 0.1) is 5.41 Å².